The lowest BCUT2D eigenvalue weighted by atomic mass is 10.0. The average Bonchev–Trinajstić information content (AvgIpc) is 3.17. The van der Waals surface area contributed by atoms with Gasteiger partial charge in [-0.2, -0.15) is 0 Å². The van der Waals surface area contributed by atoms with Crippen LogP contribution in [0.1, 0.15) is 39.9 Å². The van der Waals surface area contributed by atoms with Crippen molar-refractivity contribution >= 4 is 17.7 Å². The van der Waals surface area contributed by atoms with Crippen LogP contribution in [0.2, 0.25) is 0 Å². The van der Waals surface area contributed by atoms with Crippen LogP contribution in [-0.2, 0) is 34.0 Å². The van der Waals surface area contributed by atoms with Crippen LogP contribution in [-0.4, -0.2) is 64.7 Å². The van der Waals surface area contributed by atoms with E-state index in [-0.39, 0.29) is 30.7 Å². The molecule has 9 nitrogen and oxygen atoms in total. The van der Waals surface area contributed by atoms with Crippen LogP contribution in [0.25, 0.3) is 0 Å². The minimum atomic E-state index is -1.07. The first-order valence-corrected chi connectivity index (χ1v) is 11.5. The monoisotopic (exact) mass is 465 g/mol. The molecule has 2 N–H and O–H groups in total. The van der Waals surface area contributed by atoms with Gasteiger partial charge < -0.3 is 29.7 Å². The SMILES string of the molecule is O=C1CC[C@H](N2Cc3c(OCc4ccc(CN5CCOCC5=O)cc4)cccc3C2=O)C(O)N1. The Hall–Kier alpha value is -3.43. The van der Waals surface area contributed by atoms with Crippen molar-refractivity contribution in [2.24, 2.45) is 0 Å². The third-order valence-electron chi connectivity index (χ3n) is 6.57. The molecule has 34 heavy (non-hydrogen) atoms. The summed E-state index contributed by atoms with van der Waals surface area (Å²) in [6.45, 7) is 2.52. The van der Waals surface area contributed by atoms with E-state index in [1.807, 2.05) is 30.3 Å². The number of amides is 3. The second-order valence-electron chi connectivity index (χ2n) is 8.81. The van der Waals surface area contributed by atoms with Gasteiger partial charge in [0.1, 0.15) is 25.2 Å². The topological polar surface area (TPSA) is 108 Å². The summed E-state index contributed by atoms with van der Waals surface area (Å²) in [5.74, 6) is 0.260. The largest absolute Gasteiger partial charge is 0.489 e. The molecule has 0 saturated carbocycles. The van der Waals surface area contributed by atoms with Crippen molar-refractivity contribution < 1.29 is 29.0 Å². The molecule has 5 rings (SSSR count). The molecule has 0 aliphatic carbocycles. The maximum atomic E-state index is 13.0. The van der Waals surface area contributed by atoms with Gasteiger partial charge in [0.25, 0.3) is 5.91 Å². The fourth-order valence-corrected chi connectivity index (χ4v) is 4.67. The summed E-state index contributed by atoms with van der Waals surface area (Å²) in [4.78, 5) is 39.8. The van der Waals surface area contributed by atoms with Crippen molar-refractivity contribution in [3.63, 3.8) is 0 Å². The first kappa shape index (κ1) is 22.4. The summed E-state index contributed by atoms with van der Waals surface area (Å²) in [5.41, 5.74) is 3.37. The van der Waals surface area contributed by atoms with E-state index in [2.05, 4.69) is 5.32 Å². The zero-order valence-electron chi connectivity index (χ0n) is 18.7. The first-order valence-electron chi connectivity index (χ1n) is 11.5. The van der Waals surface area contributed by atoms with Gasteiger partial charge in [-0.15, -0.1) is 0 Å². The van der Waals surface area contributed by atoms with Crippen molar-refractivity contribution in [1.82, 2.24) is 15.1 Å². The molecule has 0 aromatic heterocycles. The van der Waals surface area contributed by atoms with Gasteiger partial charge in [0.05, 0.1) is 19.2 Å². The van der Waals surface area contributed by atoms with Gasteiger partial charge in [-0.1, -0.05) is 30.3 Å². The Morgan fingerprint density at radius 3 is 2.65 bits per heavy atom. The zero-order chi connectivity index (χ0) is 23.7. The number of carbonyl (C=O) groups is 3. The molecule has 3 heterocycles. The molecule has 1 unspecified atom stereocenters. The number of hydrogen-bond donors (Lipinski definition) is 2. The van der Waals surface area contributed by atoms with Gasteiger partial charge in [0, 0.05) is 30.6 Å². The third-order valence-corrected chi connectivity index (χ3v) is 6.57. The van der Waals surface area contributed by atoms with Gasteiger partial charge in [0.2, 0.25) is 11.8 Å². The molecule has 178 valence electrons. The molecule has 2 fully saturated rings. The molecule has 0 spiro atoms. The zero-order valence-corrected chi connectivity index (χ0v) is 18.7. The van der Waals surface area contributed by atoms with E-state index < -0.39 is 12.3 Å². The second kappa shape index (κ2) is 9.44. The number of fused-ring (bicyclic) bond motifs is 1. The Morgan fingerprint density at radius 2 is 1.88 bits per heavy atom. The Balaban J connectivity index is 1.23. The summed E-state index contributed by atoms with van der Waals surface area (Å²) < 4.78 is 11.2. The van der Waals surface area contributed by atoms with Crippen molar-refractivity contribution in [2.75, 3.05) is 19.8 Å². The molecule has 0 radical (unpaired) electrons. The second-order valence-corrected chi connectivity index (χ2v) is 8.81. The molecule has 9 heteroatoms. The summed E-state index contributed by atoms with van der Waals surface area (Å²) in [7, 11) is 0. The van der Waals surface area contributed by atoms with E-state index >= 15 is 0 Å². The number of piperidine rings is 1. The van der Waals surface area contributed by atoms with Crippen LogP contribution in [0, 0.1) is 0 Å². The molecular weight excluding hydrogens is 438 g/mol. The summed E-state index contributed by atoms with van der Waals surface area (Å²) in [6.07, 6.45) is -0.373. The van der Waals surface area contributed by atoms with Gasteiger partial charge in [0.15, 0.2) is 0 Å². The molecular formula is C25H27N3O6. The number of hydrogen-bond acceptors (Lipinski definition) is 6. The highest BCUT2D eigenvalue weighted by molar-refractivity contribution is 5.99. The number of aliphatic hydroxyl groups excluding tert-OH is 1. The summed E-state index contributed by atoms with van der Waals surface area (Å²) in [5, 5.41) is 12.8. The van der Waals surface area contributed by atoms with Gasteiger partial charge in [-0.05, 0) is 29.7 Å². The minimum absolute atomic E-state index is 0.00306. The molecule has 3 aliphatic rings. The third kappa shape index (κ3) is 4.49. The van der Waals surface area contributed by atoms with Crippen molar-refractivity contribution in [1.29, 1.82) is 0 Å². The summed E-state index contributed by atoms with van der Waals surface area (Å²) >= 11 is 0. The van der Waals surface area contributed by atoms with E-state index in [0.717, 1.165) is 16.7 Å². The summed E-state index contributed by atoms with van der Waals surface area (Å²) in [6, 6.07) is 12.9. The van der Waals surface area contributed by atoms with Crippen LogP contribution in [0.15, 0.2) is 42.5 Å². The van der Waals surface area contributed by atoms with Gasteiger partial charge in [-0.25, -0.2) is 0 Å². The van der Waals surface area contributed by atoms with E-state index in [9.17, 15) is 19.5 Å². The first-order chi connectivity index (χ1) is 16.5. The number of nitrogens with one attached hydrogen (secondary N) is 1. The van der Waals surface area contributed by atoms with E-state index in [1.54, 1.807) is 21.9 Å². The molecule has 2 atom stereocenters. The molecule has 2 saturated heterocycles. The minimum Gasteiger partial charge on any atom is -0.489 e. The highest BCUT2D eigenvalue weighted by atomic mass is 16.5. The number of carbonyl (C=O) groups excluding carboxylic acids is 3. The number of aliphatic hydroxyl groups is 1. The van der Waals surface area contributed by atoms with Gasteiger partial charge in [-0.3, -0.25) is 14.4 Å². The Kier molecular flexibility index (Phi) is 6.21. The lowest BCUT2D eigenvalue weighted by molar-refractivity contribution is -0.143. The molecule has 3 aliphatic heterocycles. The fourth-order valence-electron chi connectivity index (χ4n) is 4.67. The van der Waals surface area contributed by atoms with Crippen LogP contribution < -0.4 is 10.1 Å². The smallest absolute Gasteiger partial charge is 0.255 e. The predicted octanol–water partition coefficient (Wildman–Crippen LogP) is 1.18. The van der Waals surface area contributed by atoms with Crippen LogP contribution in [0.5, 0.6) is 5.75 Å². The van der Waals surface area contributed by atoms with E-state index in [4.69, 9.17) is 9.47 Å². The average molecular weight is 466 g/mol. The van der Waals surface area contributed by atoms with Crippen LogP contribution >= 0.6 is 0 Å². The van der Waals surface area contributed by atoms with Crippen molar-refractivity contribution in [3.05, 3.63) is 64.7 Å². The van der Waals surface area contributed by atoms with E-state index in [0.29, 0.717) is 50.6 Å². The number of ether oxygens (including phenoxy) is 2. The van der Waals surface area contributed by atoms with Crippen LogP contribution in [0.4, 0.5) is 0 Å². The van der Waals surface area contributed by atoms with E-state index in [1.165, 1.54) is 0 Å². The number of benzene rings is 2. The van der Waals surface area contributed by atoms with Gasteiger partial charge >= 0.3 is 0 Å². The molecule has 2 aromatic rings. The Bertz CT molecular complexity index is 1100. The molecule has 0 bridgehead atoms. The lowest BCUT2D eigenvalue weighted by Crippen LogP contribution is -2.55. The quantitative estimate of drug-likeness (QED) is 0.663. The Labute approximate surface area is 197 Å². The van der Waals surface area contributed by atoms with Crippen molar-refractivity contribution in [2.45, 2.75) is 44.8 Å². The highest BCUT2D eigenvalue weighted by Crippen LogP contribution is 2.34. The maximum absolute atomic E-state index is 13.0. The molecule has 3 amide bonds. The molecule has 2 aromatic carbocycles. The van der Waals surface area contributed by atoms with Crippen molar-refractivity contribution in [3.8, 4) is 5.75 Å². The predicted molar refractivity (Wildman–Crippen MR) is 120 cm³/mol. The standard InChI is InChI=1S/C25H27N3O6/c29-22-9-8-20(24(31)26-22)28-13-19-18(25(28)32)2-1-3-21(19)34-14-17-6-4-16(5-7-17)12-27-10-11-33-15-23(27)30/h1-7,20,24,31H,8-15H2,(H,26,29)/t20-,24?/m0/s1. The Morgan fingerprint density at radius 1 is 1.09 bits per heavy atom. The normalized spacial score (nSPS) is 22.6. The highest BCUT2D eigenvalue weighted by Gasteiger charge is 2.40. The fraction of sp³-hybridized carbons (Fsp3) is 0.400. The maximum Gasteiger partial charge on any atom is 0.255 e. The lowest BCUT2D eigenvalue weighted by Gasteiger charge is -2.35. The number of morpholine rings is 1. The number of rotatable bonds is 6. The van der Waals surface area contributed by atoms with Crippen LogP contribution in [0.3, 0.4) is 0 Å². The number of nitrogens with zero attached hydrogens (tertiary/aromatic N) is 2.